The van der Waals surface area contributed by atoms with Crippen molar-refractivity contribution in [1.82, 2.24) is 15.6 Å². The van der Waals surface area contributed by atoms with Crippen molar-refractivity contribution in [2.24, 2.45) is 0 Å². The molecular weight excluding hydrogens is 208 g/mol. The number of nitrogens with two attached hydrogens (primary N) is 1. The Labute approximate surface area is 92.2 Å². The molecular formula is C10H12N4O2. The second kappa shape index (κ2) is 4.18. The molecule has 16 heavy (non-hydrogen) atoms. The van der Waals surface area contributed by atoms with E-state index >= 15 is 0 Å². The van der Waals surface area contributed by atoms with Crippen LogP contribution in [0.3, 0.4) is 0 Å². The number of amides is 2. The van der Waals surface area contributed by atoms with Crippen molar-refractivity contribution < 1.29 is 9.59 Å². The molecule has 0 saturated carbocycles. The zero-order valence-electron chi connectivity index (χ0n) is 8.56. The molecule has 84 valence electrons. The van der Waals surface area contributed by atoms with Crippen molar-refractivity contribution in [3.63, 3.8) is 0 Å². The van der Waals surface area contributed by atoms with Crippen LogP contribution in [0.4, 0.5) is 5.69 Å². The first-order valence-electron chi connectivity index (χ1n) is 4.94. The molecule has 1 fully saturated rings. The number of anilines is 1. The lowest BCUT2D eigenvalue weighted by Gasteiger charge is -2.09. The number of nitrogens with one attached hydrogen (secondary N) is 2. The number of hydrogen-bond donors (Lipinski definition) is 3. The average molecular weight is 220 g/mol. The van der Waals surface area contributed by atoms with Crippen molar-refractivity contribution in [2.45, 2.75) is 12.5 Å². The SMILES string of the molecule is Nc1ccc(C(=O)NC2CNC(=O)C2)nc1. The number of rotatable bonds is 2. The van der Waals surface area contributed by atoms with Crippen LogP contribution >= 0.6 is 0 Å². The first-order valence-corrected chi connectivity index (χ1v) is 4.94. The maximum atomic E-state index is 11.7. The van der Waals surface area contributed by atoms with E-state index in [1.54, 1.807) is 12.1 Å². The van der Waals surface area contributed by atoms with Gasteiger partial charge in [-0.3, -0.25) is 9.59 Å². The van der Waals surface area contributed by atoms with Crippen LogP contribution in [-0.2, 0) is 4.79 Å². The number of aromatic nitrogens is 1. The van der Waals surface area contributed by atoms with Gasteiger partial charge in [0, 0.05) is 13.0 Å². The van der Waals surface area contributed by atoms with E-state index in [2.05, 4.69) is 15.6 Å². The molecule has 0 bridgehead atoms. The summed E-state index contributed by atoms with van der Waals surface area (Å²) in [6.07, 6.45) is 1.74. The lowest BCUT2D eigenvalue weighted by Crippen LogP contribution is -2.36. The summed E-state index contributed by atoms with van der Waals surface area (Å²) >= 11 is 0. The van der Waals surface area contributed by atoms with Crippen LogP contribution in [0.5, 0.6) is 0 Å². The molecule has 0 aliphatic carbocycles. The number of nitrogen functional groups attached to an aromatic ring is 1. The highest BCUT2D eigenvalue weighted by atomic mass is 16.2. The molecule has 1 saturated heterocycles. The smallest absolute Gasteiger partial charge is 0.270 e. The highest BCUT2D eigenvalue weighted by molar-refractivity contribution is 5.93. The summed E-state index contributed by atoms with van der Waals surface area (Å²) < 4.78 is 0. The van der Waals surface area contributed by atoms with Crippen LogP contribution in [0.2, 0.25) is 0 Å². The molecule has 1 aromatic rings. The summed E-state index contributed by atoms with van der Waals surface area (Å²) in [6, 6.07) is 3.01. The third-order valence-corrected chi connectivity index (χ3v) is 2.33. The molecule has 2 amide bonds. The molecule has 2 heterocycles. The Morgan fingerprint density at radius 3 is 2.94 bits per heavy atom. The Balaban J connectivity index is 1.98. The molecule has 1 aliphatic heterocycles. The van der Waals surface area contributed by atoms with E-state index in [9.17, 15) is 9.59 Å². The molecule has 0 aromatic carbocycles. The molecule has 4 N–H and O–H groups in total. The summed E-state index contributed by atoms with van der Waals surface area (Å²) in [4.78, 5) is 26.5. The number of nitrogens with zero attached hydrogens (tertiary/aromatic N) is 1. The lowest BCUT2D eigenvalue weighted by molar-refractivity contribution is -0.119. The monoisotopic (exact) mass is 220 g/mol. The second-order valence-corrected chi connectivity index (χ2v) is 3.66. The molecule has 1 aliphatic rings. The van der Waals surface area contributed by atoms with Crippen LogP contribution in [0.1, 0.15) is 16.9 Å². The number of pyridine rings is 1. The van der Waals surface area contributed by atoms with E-state index in [-0.39, 0.29) is 17.9 Å². The van der Waals surface area contributed by atoms with E-state index < -0.39 is 0 Å². The zero-order valence-corrected chi connectivity index (χ0v) is 8.56. The van der Waals surface area contributed by atoms with Gasteiger partial charge in [-0.25, -0.2) is 4.98 Å². The summed E-state index contributed by atoms with van der Waals surface area (Å²) in [7, 11) is 0. The molecule has 1 aromatic heterocycles. The van der Waals surface area contributed by atoms with Gasteiger partial charge < -0.3 is 16.4 Å². The zero-order chi connectivity index (χ0) is 11.5. The highest BCUT2D eigenvalue weighted by Crippen LogP contribution is 2.04. The molecule has 6 nitrogen and oxygen atoms in total. The van der Waals surface area contributed by atoms with Gasteiger partial charge in [0.2, 0.25) is 5.91 Å². The van der Waals surface area contributed by atoms with Crippen molar-refractivity contribution in [3.05, 3.63) is 24.0 Å². The van der Waals surface area contributed by atoms with E-state index in [0.717, 1.165) is 0 Å². The minimum atomic E-state index is -0.290. The van der Waals surface area contributed by atoms with Gasteiger partial charge in [-0.15, -0.1) is 0 Å². The van der Waals surface area contributed by atoms with Crippen LogP contribution < -0.4 is 16.4 Å². The fraction of sp³-hybridized carbons (Fsp3) is 0.300. The minimum Gasteiger partial charge on any atom is -0.397 e. The van der Waals surface area contributed by atoms with Gasteiger partial charge in [0.05, 0.1) is 17.9 Å². The number of carbonyl (C=O) groups excluding carboxylic acids is 2. The maximum Gasteiger partial charge on any atom is 0.270 e. The van der Waals surface area contributed by atoms with Gasteiger partial charge in [0.15, 0.2) is 0 Å². The van der Waals surface area contributed by atoms with Gasteiger partial charge in [-0.1, -0.05) is 0 Å². The highest BCUT2D eigenvalue weighted by Gasteiger charge is 2.23. The third-order valence-electron chi connectivity index (χ3n) is 2.33. The van der Waals surface area contributed by atoms with Gasteiger partial charge in [-0.05, 0) is 12.1 Å². The minimum absolute atomic E-state index is 0.0458. The third kappa shape index (κ3) is 2.28. The number of hydrogen-bond acceptors (Lipinski definition) is 4. The predicted molar refractivity (Wildman–Crippen MR) is 57.5 cm³/mol. The normalized spacial score (nSPS) is 19.2. The van der Waals surface area contributed by atoms with Gasteiger partial charge in [0.1, 0.15) is 5.69 Å². The second-order valence-electron chi connectivity index (χ2n) is 3.66. The van der Waals surface area contributed by atoms with Gasteiger partial charge in [0.25, 0.3) is 5.91 Å². The van der Waals surface area contributed by atoms with Crippen molar-refractivity contribution in [3.8, 4) is 0 Å². The molecule has 2 rings (SSSR count). The molecule has 6 heteroatoms. The fourth-order valence-corrected chi connectivity index (χ4v) is 1.51. The first-order chi connectivity index (χ1) is 7.65. The quantitative estimate of drug-likeness (QED) is 0.612. The average Bonchev–Trinajstić information content (AvgIpc) is 2.65. The van der Waals surface area contributed by atoms with Crippen molar-refractivity contribution >= 4 is 17.5 Å². The standard InChI is InChI=1S/C10H12N4O2/c11-6-1-2-8(12-4-6)10(16)14-7-3-9(15)13-5-7/h1-2,4,7H,3,5,11H2,(H,13,15)(H,14,16). The van der Waals surface area contributed by atoms with Crippen LogP contribution in [0.15, 0.2) is 18.3 Å². The lowest BCUT2D eigenvalue weighted by atomic mass is 10.2. The number of carbonyl (C=O) groups is 2. The van der Waals surface area contributed by atoms with E-state index in [1.165, 1.54) is 6.20 Å². The van der Waals surface area contributed by atoms with Gasteiger partial charge >= 0.3 is 0 Å². The Morgan fingerprint density at radius 2 is 2.38 bits per heavy atom. The molecule has 1 atom stereocenters. The Morgan fingerprint density at radius 1 is 1.56 bits per heavy atom. The topological polar surface area (TPSA) is 97.1 Å². The van der Waals surface area contributed by atoms with Crippen LogP contribution in [0, 0.1) is 0 Å². The van der Waals surface area contributed by atoms with E-state index in [4.69, 9.17) is 5.73 Å². The summed E-state index contributed by atoms with van der Waals surface area (Å²) in [5.41, 5.74) is 6.27. The Bertz CT molecular complexity index is 415. The Hall–Kier alpha value is -2.11. The van der Waals surface area contributed by atoms with E-state index in [1.807, 2.05) is 0 Å². The van der Waals surface area contributed by atoms with Crippen molar-refractivity contribution in [1.29, 1.82) is 0 Å². The molecule has 1 unspecified atom stereocenters. The predicted octanol–water partition coefficient (Wildman–Crippen LogP) is -0.718. The maximum absolute atomic E-state index is 11.7. The van der Waals surface area contributed by atoms with Crippen molar-refractivity contribution in [2.75, 3.05) is 12.3 Å². The Kier molecular flexibility index (Phi) is 2.72. The van der Waals surface area contributed by atoms with E-state index in [0.29, 0.717) is 24.3 Å². The summed E-state index contributed by atoms with van der Waals surface area (Å²) in [6.45, 7) is 0.472. The summed E-state index contributed by atoms with van der Waals surface area (Å²) in [5.74, 6) is -0.336. The first kappa shape index (κ1) is 10.4. The fourth-order valence-electron chi connectivity index (χ4n) is 1.51. The van der Waals surface area contributed by atoms with Gasteiger partial charge in [-0.2, -0.15) is 0 Å². The summed E-state index contributed by atoms with van der Waals surface area (Å²) in [5, 5.41) is 5.36. The molecule has 0 spiro atoms. The van der Waals surface area contributed by atoms with Crippen LogP contribution in [0.25, 0.3) is 0 Å². The molecule has 0 radical (unpaired) electrons. The van der Waals surface area contributed by atoms with Crippen LogP contribution in [-0.4, -0.2) is 29.4 Å². The largest absolute Gasteiger partial charge is 0.397 e.